The van der Waals surface area contributed by atoms with Gasteiger partial charge in [-0.05, 0) is 56.0 Å². The molecule has 0 aromatic carbocycles. The number of nitrogens with zero attached hydrogens (tertiary/aromatic N) is 2. The second-order valence-electron chi connectivity index (χ2n) is 5.42. The first-order chi connectivity index (χ1) is 7.84. The summed E-state index contributed by atoms with van der Waals surface area (Å²) in [6, 6.07) is 2.09. The molecule has 0 amide bonds. The standard InChI is InChI=1S/C13H21N3/c1-16-12(6-7-15-16)8-14-9-13(10-2-3-10)11-4-5-11/h6-7,10-11,13-14H,2-5,8-9H2,1H3. The number of nitrogens with one attached hydrogen (secondary N) is 1. The van der Waals surface area contributed by atoms with Crippen LogP contribution in [0.2, 0.25) is 0 Å². The molecule has 88 valence electrons. The van der Waals surface area contributed by atoms with Crippen molar-refractivity contribution in [2.24, 2.45) is 24.8 Å². The van der Waals surface area contributed by atoms with Crippen molar-refractivity contribution >= 4 is 0 Å². The number of aromatic nitrogens is 2. The van der Waals surface area contributed by atoms with Crippen LogP contribution in [0.3, 0.4) is 0 Å². The maximum Gasteiger partial charge on any atom is 0.0518 e. The monoisotopic (exact) mass is 219 g/mol. The van der Waals surface area contributed by atoms with Crippen LogP contribution in [0.1, 0.15) is 31.4 Å². The van der Waals surface area contributed by atoms with Gasteiger partial charge < -0.3 is 5.32 Å². The van der Waals surface area contributed by atoms with Crippen molar-refractivity contribution in [1.82, 2.24) is 15.1 Å². The van der Waals surface area contributed by atoms with Crippen LogP contribution < -0.4 is 5.32 Å². The first kappa shape index (κ1) is 10.3. The Bertz CT molecular complexity index is 338. The van der Waals surface area contributed by atoms with Gasteiger partial charge in [0.2, 0.25) is 0 Å². The van der Waals surface area contributed by atoms with Gasteiger partial charge in [0.15, 0.2) is 0 Å². The van der Waals surface area contributed by atoms with E-state index < -0.39 is 0 Å². The molecule has 0 atom stereocenters. The molecule has 1 aromatic heterocycles. The topological polar surface area (TPSA) is 29.9 Å². The lowest BCUT2D eigenvalue weighted by molar-refractivity contribution is 0.376. The highest BCUT2D eigenvalue weighted by Gasteiger charge is 2.40. The van der Waals surface area contributed by atoms with Crippen LogP contribution in [-0.2, 0) is 13.6 Å². The van der Waals surface area contributed by atoms with Crippen LogP contribution >= 0.6 is 0 Å². The average Bonchev–Trinajstić information content (AvgIpc) is 3.15. The van der Waals surface area contributed by atoms with Crippen molar-refractivity contribution in [3.05, 3.63) is 18.0 Å². The van der Waals surface area contributed by atoms with E-state index in [2.05, 4.69) is 16.5 Å². The summed E-state index contributed by atoms with van der Waals surface area (Å²) in [4.78, 5) is 0. The van der Waals surface area contributed by atoms with Gasteiger partial charge in [0, 0.05) is 19.8 Å². The lowest BCUT2D eigenvalue weighted by Crippen LogP contribution is -2.26. The Labute approximate surface area is 97.2 Å². The van der Waals surface area contributed by atoms with Crippen molar-refractivity contribution in [2.45, 2.75) is 32.2 Å². The van der Waals surface area contributed by atoms with E-state index in [1.54, 1.807) is 0 Å². The maximum absolute atomic E-state index is 4.19. The fourth-order valence-corrected chi connectivity index (χ4v) is 2.71. The van der Waals surface area contributed by atoms with Gasteiger partial charge in [-0.25, -0.2) is 0 Å². The van der Waals surface area contributed by atoms with Crippen molar-refractivity contribution in [1.29, 1.82) is 0 Å². The van der Waals surface area contributed by atoms with E-state index in [9.17, 15) is 0 Å². The minimum Gasteiger partial charge on any atom is -0.311 e. The van der Waals surface area contributed by atoms with Crippen molar-refractivity contribution in [2.75, 3.05) is 6.54 Å². The van der Waals surface area contributed by atoms with Gasteiger partial charge in [-0.1, -0.05) is 0 Å². The molecule has 16 heavy (non-hydrogen) atoms. The fourth-order valence-electron chi connectivity index (χ4n) is 2.71. The Morgan fingerprint density at radius 1 is 1.38 bits per heavy atom. The third kappa shape index (κ3) is 2.29. The molecule has 0 spiro atoms. The number of hydrogen-bond donors (Lipinski definition) is 1. The molecule has 1 heterocycles. The second kappa shape index (κ2) is 4.21. The third-order valence-electron chi connectivity index (χ3n) is 4.06. The van der Waals surface area contributed by atoms with E-state index >= 15 is 0 Å². The smallest absolute Gasteiger partial charge is 0.0518 e. The largest absolute Gasteiger partial charge is 0.311 e. The van der Waals surface area contributed by atoms with Gasteiger partial charge in [-0.3, -0.25) is 4.68 Å². The van der Waals surface area contributed by atoms with Crippen LogP contribution in [0.15, 0.2) is 12.3 Å². The van der Waals surface area contributed by atoms with Crippen LogP contribution in [0.5, 0.6) is 0 Å². The van der Waals surface area contributed by atoms with E-state index in [0.29, 0.717) is 0 Å². The molecule has 3 nitrogen and oxygen atoms in total. The minimum atomic E-state index is 0.965. The summed E-state index contributed by atoms with van der Waals surface area (Å²) < 4.78 is 1.95. The highest BCUT2D eigenvalue weighted by atomic mass is 15.3. The van der Waals surface area contributed by atoms with Crippen molar-refractivity contribution in [3.63, 3.8) is 0 Å². The van der Waals surface area contributed by atoms with E-state index in [0.717, 1.165) is 24.3 Å². The van der Waals surface area contributed by atoms with Gasteiger partial charge in [0.1, 0.15) is 0 Å². The predicted octanol–water partition coefficient (Wildman–Crippen LogP) is 1.95. The summed E-state index contributed by atoms with van der Waals surface area (Å²) in [6.07, 6.45) is 7.79. The molecule has 3 heteroatoms. The van der Waals surface area contributed by atoms with Crippen molar-refractivity contribution < 1.29 is 0 Å². The zero-order valence-electron chi connectivity index (χ0n) is 10.0. The first-order valence-corrected chi connectivity index (χ1v) is 6.52. The molecule has 0 saturated heterocycles. The van der Waals surface area contributed by atoms with E-state index in [4.69, 9.17) is 0 Å². The van der Waals surface area contributed by atoms with E-state index in [1.165, 1.54) is 37.9 Å². The number of rotatable bonds is 6. The van der Waals surface area contributed by atoms with Gasteiger partial charge in [-0.15, -0.1) is 0 Å². The Hall–Kier alpha value is -0.830. The van der Waals surface area contributed by atoms with Crippen molar-refractivity contribution in [3.8, 4) is 0 Å². The molecule has 0 bridgehead atoms. The molecular formula is C13H21N3. The molecule has 0 unspecified atom stereocenters. The van der Waals surface area contributed by atoms with Gasteiger partial charge in [-0.2, -0.15) is 5.10 Å². The SMILES string of the molecule is Cn1nccc1CNCC(C1CC1)C1CC1. The Kier molecular flexibility index (Phi) is 2.72. The summed E-state index contributed by atoms with van der Waals surface area (Å²) in [5, 5.41) is 7.80. The summed E-state index contributed by atoms with van der Waals surface area (Å²) in [6.45, 7) is 2.17. The first-order valence-electron chi connectivity index (χ1n) is 6.52. The van der Waals surface area contributed by atoms with E-state index in [-0.39, 0.29) is 0 Å². The lowest BCUT2D eigenvalue weighted by atomic mass is 9.98. The summed E-state index contributed by atoms with van der Waals surface area (Å²) >= 11 is 0. The summed E-state index contributed by atoms with van der Waals surface area (Å²) in [5.41, 5.74) is 1.28. The molecule has 2 fully saturated rings. The molecule has 1 N–H and O–H groups in total. The normalized spacial score (nSPS) is 20.6. The Balaban J connectivity index is 1.46. The molecule has 2 aliphatic carbocycles. The quantitative estimate of drug-likeness (QED) is 0.792. The molecular weight excluding hydrogens is 198 g/mol. The third-order valence-corrected chi connectivity index (χ3v) is 4.06. The van der Waals surface area contributed by atoms with Crippen LogP contribution in [0, 0.1) is 17.8 Å². The molecule has 0 radical (unpaired) electrons. The predicted molar refractivity (Wildman–Crippen MR) is 63.9 cm³/mol. The van der Waals surface area contributed by atoms with Gasteiger partial charge >= 0.3 is 0 Å². The molecule has 2 saturated carbocycles. The maximum atomic E-state index is 4.19. The minimum absolute atomic E-state index is 0.965. The highest BCUT2D eigenvalue weighted by Crippen LogP contribution is 2.48. The zero-order chi connectivity index (χ0) is 11.0. The Morgan fingerprint density at radius 2 is 2.06 bits per heavy atom. The number of hydrogen-bond acceptors (Lipinski definition) is 2. The highest BCUT2D eigenvalue weighted by molar-refractivity contribution is 5.00. The average molecular weight is 219 g/mol. The molecule has 2 aliphatic rings. The van der Waals surface area contributed by atoms with Crippen LogP contribution in [0.4, 0.5) is 0 Å². The summed E-state index contributed by atoms with van der Waals surface area (Å²) in [7, 11) is 2.01. The second-order valence-corrected chi connectivity index (χ2v) is 5.42. The van der Waals surface area contributed by atoms with Gasteiger partial charge in [0.05, 0.1) is 5.69 Å². The zero-order valence-corrected chi connectivity index (χ0v) is 10.0. The fraction of sp³-hybridized carbons (Fsp3) is 0.769. The lowest BCUT2D eigenvalue weighted by Gasteiger charge is -2.16. The summed E-state index contributed by atoms with van der Waals surface area (Å²) in [5.74, 6) is 3.06. The molecule has 3 rings (SSSR count). The molecule has 1 aromatic rings. The Morgan fingerprint density at radius 3 is 2.56 bits per heavy atom. The van der Waals surface area contributed by atoms with Crippen LogP contribution in [-0.4, -0.2) is 16.3 Å². The van der Waals surface area contributed by atoms with E-state index in [1.807, 2.05) is 17.9 Å². The molecule has 0 aliphatic heterocycles. The number of aryl methyl sites for hydroxylation is 1. The van der Waals surface area contributed by atoms with Gasteiger partial charge in [0.25, 0.3) is 0 Å². The van der Waals surface area contributed by atoms with Crippen LogP contribution in [0.25, 0.3) is 0 Å².